The maximum atomic E-state index is 8.89. The summed E-state index contributed by atoms with van der Waals surface area (Å²) in [5.41, 5.74) is 0. The Hall–Kier alpha value is -0.473. The second kappa shape index (κ2) is 9.46. The first-order valence-corrected chi connectivity index (χ1v) is 7.69. The Bertz CT molecular complexity index is 214. The maximum Gasteiger partial charge on any atom is 0.500 e. The smallest absolute Gasteiger partial charge is 0.500 e. The lowest BCUT2D eigenvalue weighted by molar-refractivity contribution is -0.870. The van der Waals surface area contributed by atoms with Gasteiger partial charge in [0.05, 0.1) is 27.7 Å². The summed E-state index contributed by atoms with van der Waals surface area (Å²) in [5.74, 6) is -1.08. The van der Waals surface area contributed by atoms with E-state index in [-0.39, 0.29) is 0 Å². The van der Waals surface area contributed by atoms with Crippen LogP contribution in [0.4, 0.5) is 0 Å². The van der Waals surface area contributed by atoms with Crippen LogP contribution in [0.2, 0.25) is 6.04 Å². The highest BCUT2D eigenvalue weighted by atomic mass is 28.4. The zero-order valence-corrected chi connectivity index (χ0v) is 13.6. The summed E-state index contributed by atoms with van der Waals surface area (Å²) >= 11 is 0. The molecule has 0 N–H and O–H groups in total. The molecule has 7 heteroatoms. The van der Waals surface area contributed by atoms with Crippen LogP contribution in [0.15, 0.2) is 0 Å². The van der Waals surface area contributed by atoms with E-state index in [0.717, 1.165) is 30.4 Å². The van der Waals surface area contributed by atoms with Gasteiger partial charge in [-0.05, 0) is 6.92 Å². The summed E-state index contributed by atoms with van der Waals surface area (Å²) in [6.07, 6.45) is 1.06. The molecule has 110 valence electrons. The molecule has 0 spiro atoms. The molecule has 0 atom stereocenters. The monoisotopic (exact) mass is 281 g/mol. The maximum absolute atomic E-state index is 8.89. The zero-order valence-electron chi connectivity index (χ0n) is 12.6. The van der Waals surface area contributed by atoms with E-state index in [2.05, 4.69) is 21.1 Å². The van der Waals surface area contributed by atoms with Crippen molar-refractivity contribution in [1.29, 1.82) is 0 Å². The summed E-state index contributed by atoms with van der Waals surface area (Å²) in [7, 11) is 9.18. The minimum atomic E-state index is -2.33. The molecule has 0 fully saturated rings. The van der Waals surface area contributed by atoms with Crippen molar-refractivity contribution >= 4 is 14.8 Å². The molecule has 0 aliphatic carbocycles. The van der Waals surface area contributed by atoms with Crippen LogP contribution in [-0.2, 0) is 18.1 Å². The molecule has 0 saturated carbocycles. The molecule has 0 unspecified atom stereocenters. The van der Waals surface area contributed by atoms with Crippen LogP contribution >= 0.6 is 0 Å². The van der Waals surface area contributed by atoms with E-state index in [1.807, 2.05) is 0 Å². The molecule has 0 saturated heterocycles. The van der Waals surface area contributed by atoms with Crippen molar-refractivity contribution in [2.45, 2.75) is 19.4 Å². The molecule has 0 heterocycles. The number of rotatable bonds is 7. The minimum Gasteiger partial charge on any atom is -0.550 e. The van der Waals surface area contributed by atoms with Gasteiger partial charge in [-0.25, -0.2) is 0 Å². The predicted molar refractivity (Wildman–Crippen MR) is 69.8 cm³/mol. The highest BCUT2D eigenvalue weighted by Crippen LogP contribution is 2.15. The van der Waals surface area contributed by atoms with Gasteiger partial charge < -0.3 is 27.7 Å². The van der Waals surface area contributed by atoms with E-state index in [1.165, 1.54) is 0 Å². The molecular weight excluding hydrogens is 254 g/mol. The highest BCUT2D eigenvalue weighted by Gasteiger charge is 2.37. The lowest BCUT2D eigenvalue weighted by atomic mass is 10.4. The van der Waals surface area contributed by atoms with Crippen LogP contribution in [0, 0.1) is 0 Å². The largest absolute Gasteiger partial charge is 0.550 e. The molecule has 0 aromatic heterocycles. The number of quaternary nitrogens is 1. The van der Waals surface area contributed by atoms with E-state index in [0.29, 0.717) is 0 Å². The Labute approximate surface area is 111 Å². The van der Waals surface area contributed by atoms with Crippen molar-refractivity contribution in [2.24, 2.45) is 0 Å². The van der Waals surface area contributed by atoms with Gasteiger partial charge >= 0.3 is 8.80 Å². The third-order valence-corrected chi connectivity index (χ3v) is 5.08. The molecule has 0 aliphatic rings. The van der Waals surface area contributed by atoms with Gasteiger partial charge in [0.1, 0.15) is 0 Å². The standard InChI is InChI=1S/C9H24NO3Si.C2H4O2/c1-10(2,3)8-7-9-14(11-4,12-5)13-6;1-2(3)4/h7-9H2,1-6H3;1H3,(H,3,4)/q+1;/p-1. The summed E-state index contributed by atoms with van der Waals surface area (Å²) in [5, 5.41) is 8.89. The summed E-state index contributed by atoms with van der Waals surface area (Å²) in [4.78, 5) is 8.89. The fourth-order valence-electron chi connectivity index (χ4n) is 1.33. The van der Waals surface area contributed by atoms with Crippen LogP contribution in [-0.4, -0.2) is 68.3 Å². The lowest BCUT2D eigenvalue weighted by Gasteiger charge is -2.27. The van der Waals surface area contributed by atoms with Crippen molar-refractivity contribution in [3.63, 3.8) is 0 Å². The van der Waals surface area contributed by atoms with Crippen molar-refractivity contribution < 1.29 is 27.7 Å². The number of hydrogen-bond acceptors (Lipinski definition) is 5. The minimum absolute atomic E-state index is 0.881. The first-order valence-electron chi connectivity index (χ1n) is 5.76. The van der Waals surface area contributed by atoms with Gasteiger partial charge in [0, 0.05) is 39.8 Å². The molecule has 0 radical (unpaired) electrons. The molecule has 0 aromatic rings. The molecule has 18 heavy (non-hydrogen) atoms. The van der Waals surface area contributed by atoms with E-state index in [9.17, 15) is 0 Å². The Morgan fingerprint density at radius 3 is 1.67 bits per heavy atom. The summed E-state index contributed by atoms with van der Waals surface area (Å²) in [6.45, 7) is 2.07. The van der Waals surface area contributed by atoms with Crippen molar-refractivity contribution in [3.05, 3.63) is 0 Å². The van der Waals surface area contributed by atoms with E-state index in [1.54, 1.807) is 21.3 Å². The zero-order chi connectivity index (χ0) is 14.8. The number of hydrogen-bond donors (Lipinski definition) is 0. The second-order valence-electron chi connectivity index (χ2n) is 4.90. The van der Waals surface area contributed by atoms with Gasteiger partial charge in [0.2, 0.25) is 0 Å². The topological polar surface area (TPSA) is 67.8 Å². The highest BCUT2D eigenvalue weighted by molar-refractivity contribution is 6.60. The molecular formula is C11H27NO5Si. The fourth-order valence-corrected chi connectivity index (χ4v) is 3.03. The number of nitrogens with zero attached hydrogens (tertiary/aromatic N) is 1. The molecule has 0 amide bonds. The van der Waals surface area contributed by atoms with Crippen molar-refractivity contribution in [1.82, 2.24) is 0 Å². The molecule has 0 aliphatic heterocycles. The quantitative estimate of drug-likeness (QED) is 0.474. The normalized spacial score (nSPS) is 11.7. The summed E-state index contributed by atoms with van der Waals surface area (Å²) in [6, 6.07) is 0.881. The number of carboxylic acid groups (broad SMARTS) is 1. The van der Waals surface area contributed by atoms with Crippen molar-refractivity contribution in [2.75, 3.05) is 49.0 Å². The number of carbonyl (C=O) groups is 1. The number of carbonyl (C=O) groups excluding carboxylic acids is 1. The average molecular weight is 281 g/mol. The van der Waals surface area contributed by atoms with E-state index >= 15 is 0 Å². The van der Waals surface area contributed by atoms with Gasteiger partial charge in [0.25, 0.3) is 0 Å². The second-order valence-corrected chi connectivity index (χ2v) is 8.00. The summed E-state index contributed by atoms with van der Waals surface area (Å²) < 4.78 is 17.0. The molecule has 6 nitrogen and oxygen atoms in total. The Kier molecular flexibility index (Phi) is 10.4. The average Bonchev–Trinajstić information content (AvgIpc) is 2.23. The van der Waals surface area contributed by atoms with Gasteiger partial charge in [-0.3, -0.25) is 0 Å². The first kappa shape index (κ1) is 19.9. The third kappa shape index (κ3) is 12.0. The first-order chi connectivity index (χ1) is 8.12. The van der Waals surface area contributed by atoms with Crippen molar-refractivity contribution in [3.8, 4) is 0 Å². The van der Waals surface area contributed by atoms with Gasteiger partial charge in [-0.15, -0.1) is 0 Å². The molecule has 0 aromatic carbocycles. The van der Waals surface area contributed by atoms with Crippen LogP contribution in [0.3, 0.4) is 0 Å². The molecule has 0 bridgehead atoms. The van der Waals surface area contributed by atoms with Crippen LogP contribution in [0.5, 0.6) is 0 Å². The molecule has 0 rings (SSSR count). The third-order valence-electron chi connectivity index (χ3n) is 2.24. The number of aliphatic carboxylic acids is 1. The van der Waals surface area contributed by atoms with Gasteiger partial charge in [0.15, 0.2) is 0 Å². The predicted octanol–water partition coefficient (Wildman–Crippen LogP) is -0.283. The number of carboxylic acids is 1. The Morgan fingerprint density at radius 1 is 1.11 bits per heavy atom. The van der Waals surface area contributed by atoms with Crippen LogP contribution < -0.4 is 5.11 Å². The van der Waals surface area contributed by atoms with Crippen LogP contribution in [0.1, 0.15) is 13.3 Å². The lowest BCUT2D eigenvalue weighted by Crippen LogP contribution is -2.44. The Morgan fingerprint density at radius 2 is 1.44 bits per heavy atom. The SMILES string of the molecule is CC(=O)[O-].CO[Si](CCC[N+](C)(C)C)(OC)OC. The van der Waals surface area contributed by atoms with Gasteiger partial charge in [-0.2, -0.15) is 0 Å². The van der Waals surface area contributed by atoms with E-state index in [4.69, 9.17) is 23.2 Å². The van der Waals surface area contributed by atoms with E-state index < -0.39 is 14.8 Å². The van der Waals surface area contributed by atoms with Crippen LogP contribution in [0.25, 0.3) is 0 Å². The van der Waals surface area contributed by atoms with Gasteiger partial charge in [-0.1, -0.05) is 0 Å². The Balaban J connectivity index is 0. The fraction of sp³-hybridized carbons (Fsp3) is 0.909.